The summed E-state index contributed by atoms with van der Waals surface area (Å²) in [6.45, 7) is 2.20. The Labute approximate surface area is 132 Å². The second-order valence-corrected chi connectivity index (χ2v) is 6.97. The van der Waals surface area contributed by atoms with Crippen LogP contribution in [-0.2, 0) is 0 Å². The number of aromatic nitrogens is 2. The Morgan fingerprint density at radius 3 is 2.77 bits per heavy atom. The fraction of sp³-hybridized carbons (Fsp3) is 0.526. The van der Waals surface area contributed by atoms with Crippen LogP contribution in [0, 0.1) is 11.8 Å². The lowest BCUT2D eigenvalue weighted by Gasteiger charge is -2.34. The van der Waals surface area contributed by atoms with Crippen molar-refractivity contribution in [3.05, 3.63) is 42.4 Å². The molecule has 4 rings (SSSR count). The van der Waals surface area contributed by atoms with E-state index in [2.05, 4.69) is 40.7 Å². The molecule has 2 aliphatic rings. The van der Waals surface area contributed by atoms with Crippen molar-refractivity contribution < 1.29 is 5.11 Å². The maximum absolute atomic E-state index is 11.0. The van der Waals surface area contributed by atoms with Gasteiger partial charge >= 0.3 is 0 Å². The second kappa shape index (κ2) is 5.54. The van der Waals surface area contributed by atoms with E-state index in [1.807, 2.05) is 12.5 Å². The zero-order valence-electron chi connectivity index (χ0n) is 13.2. The van der Waals surface area contributed by atoms with Gasteiger partial charge in [-0.2, -0.15) is 0 Å². The summed E-state index contributed by atoms with van der Waals surface area (Å²) >= 11 is 0. The Morgan fingerprint density at radius 1 is 1.18 bits per heavy atom. The highest BCUT2D eigenvalue weighted by Crippen LogP contribution is 2.45. The number of benzene rings is 1. The first-order valence-corrected chi connectivity index (χ1v) is 8.56. The van der Waals surface area contributed by atoms with Gasteiger partial charge in [0.25, 0.3) is 0 Å². The molecule has 0 radical (unpaired) electrons. The number of nitrogens with zero attached hydrogens (tertiary/aromatic N) is 2. The quantitative estimate of drug-likeness (QED) is 0.928. The highest BCUT2D eigenvalue weighted by atomic mass is 16.3. The zero-order valence-corrected chi connectivity index (χ0v) is 13.2. The van der Waals surface area contributed by atoms with Crippen molar-refractivity contribution in [2.24, 2.45) is 11.8 Å². The van der Waals surface area contributed by atoms with Crippen molar-refractivity contribution in [1.82, 2.24) is 9.55 Å². The molecule has 1 N–H and O–H groups in total. The van der Waals surface area contributed by atoms with E-state index >= 15 is 0 Å². The minimum Gasteiger partial charge on any atom is -0.392 e. The lowest BCUT2D eigenvalue weighted by molar-refractivity contribution is 0.0263. The Balaban J connectivity index is 1.67. The SMILES string of the molecule is C[C@H]([C@H](O)C1CCCCC1)[C@H]1c2ccccc2-c2cncn21. The second-order valence-electron chi connectivity index (χ2n) is 6.97. The molecule has 1 saturated carbocycles. The van der Waals surface area contributed by atoms with Crippen LogP contribution in [0.4, 0.5) is 0 Å². The Hall–Kier alpha value is -1.61. The van der Waals surface area contributed by atoms with Crippen LogP contribution >= 0.6 is 0 Å². The van der Waals surface area contributed by atoms with Gasteiger partial charge in [0.2, 0.25) is 0 Å². The summed E-state index contributed by atoms with van der Waals surface area (Å²) in [5.74, 6) is 0.670. The molecule has 2 heterocycles. The van der Waals surface area contributed by atoms with Crippen molar-refractivity contribution in [3.8, 4) is 11.3 Å². The number of hydrogen-bond donors (Lipinski definition) is 1. The first-order valence-electron chi connectivity index (χ1n) is 8.56. The summed E-state index contributed by atoms with van der Waals surface area (Å²) in [5, 5.41) is 11.0. The predicted octanol–water partition coefficient (Wildman–Crippen LogP) is 4.03. The topological polar surface area (TPSA) is 38.1 Å². The first-order chi connectivity index (χ1) is 10.8. The van der Waals surface area contributed by atoms with E-state index in [1.54, 1.807) is 0 Å². The summed E-state index contributed by atoms with van der Waals surface area (Å²) in [7, 11) is 0. The average molecular weight is 296 g/mol. The monoisotopic (exact) mass is 296 g/mol. The fourth-order valence-electron chi connectivity index (χ4n) is 4.50. The molecular formula is C19H24N2O. The van der Waals surface area contributed by atoms with Crippen molar-refractivity contribution >= 4 is 0 Å². The minimum atomic E-state index is -0.230. The van der Waals surface area contributed by atoms with E-state index < -0.39 is 0 Å². The molecule has 3 atom stereocenters. The number of aliphatic hydroxyl groups excluding tert-OH is 1. The third kappa shape index (κ3) is 2.11. The van der Waals surface area contributed by atoms with Crippen LogP contribution in [0.25, 0.3) is 11.3 Å². The van der Waals surface area contributed by atoms with E-state index in [0.29, 0.717) is 5.92 Å². The smallest absolute Gasteiger partial charge is 0.0956 e. The van der Waals surface area contributed by atoms with E-state index in [0.717, 1.165) is 0 Å². The van der Waals surface area contributed by atoms with Crippen LogP contribution in [0.3, 0.4) is 0 Å². The van der Waals surface area contributed by atoms with Crippen molar-refractivity contribution in [1.29, 1.82) is 0 Å². The van der Waals surface area contributed by atoms with E-state index in [1.165, 1.54) is 48.9 Å². The van der Waals surface area contributed by atoms with Gasteiger partial charge in [-0.25, -0.2) is 4.98 Å². The van der Waals surface area contributed by atoms with Gasteiger partial charge in [-0.15, -0.1) is 0 Å². The summed E-state index contributed by atoms with van der Waals surface area (Å²) in [6, 6.07) is 8.77. The zero-order chi connectivity index (χ0) is 15.1. The molecule has 1 aromatic carbocycles. The van der Waals surface area contributed by atoms with Crippen molar-refractivity contribution in [2.45, 2.75) is 51.2 Å². The molecule has 3 heteroatoms. The molecule has 2 aromatic rings. The Bertz CT molecular complexity index is 657. The van der Waals surface area contributed by atoms with E-state index in [4.69, 9.17) is 0 Å². The number of fused-ring (bicyclic) bond motifs is 3. The molecule has 0 amide bonds. The van der Waals surface area contributed by atoms with Gasteiger partial charge < -0.3 is 9.67 Å². The van der Waals surface area contributed by atoms with Crippen molar-refractivity contribution in [2.75, 3.05) is 0 Å². The predicted molar refractivity (Wildman–Crippen MR) is 87.5 cm³/mol. The molecule has 1 aromatic heterocycles. The van der Waals surface area contributed by atoms with Crippen LogP contribution in [0.2, 0.25) is 0 Å². The maximum atomic E-state index is 11.0. The number of aliphatic hydroxyl groups is 1. The lowest BCUT2D eigenvalue weighted by atomic mass is 9.77. The summed E-state index contributed by atoms with van der Waals surface area (Å²) in [4.78, 5) is 4.33. The Kier molecular flexibility index (Phi) is 3.53. The van der Waals surface area contributed by atoms with Gasteiger partial charge in [-0.05, 0) is 24.3 Å². The van der Waals surface area contributed by atoms with Gasteiger partial charge in [-0.3, -0.25) is 0 Å². The number of imidazole rings is 1. The normalized spacial score (nSPS) is 23.8. The molecule has 0 saturated heterocycles. The number of hydrogen-bond acceptors (Lipinski definition) is 2. The van der Waals surface area contributed by atoms with Crippen LogP contribution in [-0.4, -0.2) is 20.8 Å². The molecule has 1 aliphatic carbocycles. The first kappa shape index (κ1) is 14.0. The molecule has 116 valence electrons. The van der Waals surface area contributed by atoms with Gasteiger partial charge in [-0.1, -0.05) is 50.5 Å². The summed E-state index contributed by atoms with van der Waals surface area (Å²) in [5.41, 5.74) is 3.79. The maximum Gasteiger partial charge on any atom is 0.0956 e. The highest BCUT2D eigenvalue weighted by molar-refractivity contribution is 5.69. The van der Waals surface area contributed by atoms with Crippen LogP contribution in [0.15, 0.2) is 36.8 Å². The number of rotatable bonds is 3. The minimum absolute atomic E-state index is 0.208. The fourth-order valence-corrected chi connectivity index (χ4v) is 4.50. The average Bonchev–Trinajstić information content (AvgIpc) is 3.15. The van der Waals surface area contributed by atoms with Crippen LogP contribution < -0.4 is 0 Å². The molecule has 22 heavy (non-hydrogen) atoms. The highest BCUT2D eigenvalue weighted by Gasteiger charge is 2.37. The van der Waals surface area contributed by atoms with Gasteiger partial charge in [0, 0.05) is 11.5 Å². The molecule has 0 spiro atoms. The molecule has 1 fully saturated rings. The standard InChI is InChI=1S/C19H24N2O/c1-13(19(22)14-7-3-2-4-8-14)18-16-10-6-5-9-15(16)17-11-20-12-21(17)18/h5-6,9-14,18-19,22H,2-4,7-8H2,1H3/t13-,18-,19-/m0/s1. The molecule has 1 aliphatic heterocycles. The third-order valence-corrected chi connectivity index (χ3v) is 5.69. The largest absolute Gasteiger partial charge is 0.392 e. The molecule has 0 bridgehead atoms. The summed E-state index contributed by atoms with van der Waals surface area (Å²) < 4.78 is 2.25. The lowest BCUT2D eigenvalue weighted by Crippen LogP contribution is -2.34. The molecule has 0 unspecified atom stereocenters. The van der Waals surface area contributed by atoms with Crippen molar-refractivity contribution in [3.63, 3.8) is 0 Å². The van der Waals surface area contributed by atoms with Crippen LogP contribution in [0.1, 0.15) is 50.6 Å². The van der Waals surface area contributed by atoms with Gasteiger partial charge in [0.15, 0.2) is 0 Å². The molecule has 3 nitrogen and oxygen atoms in total. The molecular weight excluding hydrogens is 272 g/mol. The van der Waals surface area contributed by atoms with Crippen LogP contribution in [0.5, 0.6) is 0 Å². The third-order valence-electron chi connectivity index (χ3n) is 5.69. The van der Waals surface area contributed by atoms with E-state index in [9.17, 15) is 5.11 Å². The summed E-state index contributed by atoms with van der Waals surface area (Å²) in [6.07, 6.45) is 9.86. The van der Waals surface area contributed by atoms with Gasteiger partial charge in [0.05, 0.1) is 30.4 Å². The Morgan fingerprint density at radius 2 is 1.95 bits per heavy atom. The van der Waals surface area contributed by atoms with Gasteiger partial charge in [0.1, 0.15) is 0 Å². The van der Waals surface area contributed by atoms with E-state index in [-0.39, 0.29) is 18.1 Å².